The second kappa shape index (κ2) is 5.35. The molecule has 4 nitrogen and oxygen atoms in total. The highest BCUT2D eigenvalue weighted by Gasteiger charge is 2.37. The number of hydrogen-bond acceptors (Lipinski definition) is 3. The highest BCUT2D eigenvalue weighted by molar-refractivity contribution is 5.85. The molecule has 1 aromatic carbocycles. The molecule has 2 fully saturated rings. The summed E-state index contributed by atoms with van der Waals surface area (Å²) in [6, 6.07) is 6.89. The van der Waals surface area contributed by atoms with Gasteiger partial charge in [0.1, 0.15) is 5.75 Å². The van der Waals surface area contributed by atoms with E-state index in [9.17, 15) is 0 Å². The van der Waals surface area contributed by atoms with Gasteiger partial charge in [0, 0.05) is 49.3 Å². The molecule has 21 heavy (non-hydrogen) atoms. The van der Waals surface area contributed by atoms with Crippen LogP contribution < -0.4 is 10.1 Å². The molecule has 2 N–H and O–H groups in total. The molecule has 2 heterocycles. The van der Waals surface area contributed by atoms with Crippen LogP contribution >= 0.6 is 0 Å². The van der Waals surface area contributed by atoms with Crippen molar-refractivity contribution in [3.8, 4) is 5.75 Å². The van der Waals surface area contributed by atoms with Crippen molar-refractivity contribution in [2.75, 3.05) is 33.3 Å². The Morgan fingerprint density at radius 2 is 2.05 bits per heavy atom. The number of nitrogens with one attached hydrogen (secondary N) is 2. The summed E-state index contributed by atoms with van der Waals surface area (Å²) in [5, 5.41) is 4.78. The van der Waals surface area contributed by atoms with Gasteiger partial charge in [-0.05, 0) is 42.5 Å². The van der Waals surface area contributed by atoms with Crippen molar-refractivity contribution >= 4 is 10.9 Å². The number of aromatic nitrogens is 1. The summed E-state index contributed by atoms with van der Waals surface area (Å²) in [6.45, 7) is 4.51. The van der Waals surface area contributed by atoms with Crippen LogP contribution in [-0.4, -0.2) is 43.2 Å². The lowest BCUT2D eigenvalue weighted by Gasteiger charge is -2.35. The normalized spacial score (nSPS) is 21.6. The fourth-order valence-electron chi connectivity index (χ4n) is 3.61. The highest BCUT2D eigenvalue weighted by atomic mass is 16.5. The quantitative estimate of drug-likeness (QED) is 0.907. The zero-order valence-electron chi connectivity index (χ0n) is 12.6. The largest absolute Gasteiger partial charge is 0.497 e. The van der Waals surface area contributed by atoms with Crippen LogP contribution in [0.1, 0.15) is 24.4 Å². The molecule has 0 amide bonds. The van der Waals surface area contributed by atoms with Gasteiger partial charge in [0.05, 0.1) is 7.11 Å². The van der Waals surface area contributed by atoms with Crippen LogP contribution in [-0.2, 0) is 0 Å². The van der Waals surface area contributed by atoms with Gasteiger partial charge >= 0.3 is 0 Å². The summed E-state index contributed by atoms with van der Waals surface area (Å²) in [7, 11) is 1.74. The first-order chi connectivity index (χ1) is 10.4. The maximum Gasteiger partial charge on any atom is 0.119 e. The van der Waals surface area contributed by atoms with E-state index in [2.05, 4.69) is 33.5 Å². The summed E-state index contributed by atoms with van der Waals surface area (Å²) in [5.74, 6) is 1.77. The van der Waals surface area contributed by atoms with Crippen LogP contribution in [0.25, 0.3) is 10.9 Å². The summed E-state index contributed by atoms with van der Waals surface area (Å²) < 4.78 is 5.41. The number of H-pyrrole nitrogens is 1. The van der Waals surface area contributed by atoms with Crippen molar-refractivity contribution in [2.45, 2.75) is 18.9 Å². The van der Waals surface area contributed by atoms with Gasteiger partial charge in [-0.3, -0.25) is 4.90 Å². The average molecular weight is 285 g/mol. The van der Waals surface area contributed by atoms with E-state index in [1.807, 2.05) is 6.07 Å². The fourth-order valence-corrected chi connectivity index (χ4v) is 3.61. The predicted octanol–water partition coefficient (Wildman–Crippen LogP) is 2.53. The Hall–Kier alpha value is -1.52. The molecule has 0 bridgehead atoms. The molecule has 4 rings (SSSR count). The second-order valence-electron chi connectivity index (χ2n) is 6.22. The van der Waals surface area contributed by atoms with Gasteiger partial charge < -0.3 is 15.0 Å². The number of hydrogen-bond donors (Lipinski definition) is 2. The Labute approximate surface area is 125 Å². The topological polar surface area (TPSA) is 40.3 Å². The van der Waals surface area contributed by atoms with Gasteiger partial charge in [-0.25, -0.2) is 0 Å². The number of rotatable bonds is 4. The van der Waals surface area contributed by atoms with E-state index in [1.54, 1.807) is 7.11 Å². The molecular formula is C17H23N3O. The van der Waals surface area contributed by atoms with E-state index in [-0.39, 0.29) is 0 Å². The van der Waals surface area contributed by atoms with Crippen LogP contribution in [0.2, 0.25) is 0 Å². The molecule has 0 unspecified atom stereocenters. The lowest BCUT2D eigenvalue weighted by atomic mass is 9.99. The van der Waals surface area contributed by atoms with E-state index in [0.29, 0.717) is 6.04 Å². The number of aromatic amines is 1. The van der Waals surface area contributed by atoms with Crippen molar-refractivity contribution < 1.29 is 4.74 Å². The Morgan fingerprint density at radius 1 is 1.24 bits per heavy atom. The van der Waals surface area contributed by atoms with Gasteiger partial charge in [0.25, 0.3) is 0 Å². The second-order valence-corrected chi connectivity index (χ2v) is 6.22. The average Bonchev–Trinajstić information content (AvgIpc) is 3.29. The maximum absolute atomic E-state index is 5.41. The van der Waals surface area contributed by atoms with Crippen LogP contribution in [0, 0.1) is 5.92 Å². The number of ether oxygens (including phenoxy) is 1. The zero-order valence-corrected chi connectivity index (χ0v) is 12.6. The predicted molar refractivity (Wildman–Crippen MR) is 84.8 cm³/mol. The van der Waals surface area contributed by atoms with Gasteiger partial charge in [-0.1, -0.05) is 0 Å². The van der Waals surface area contributed by atoms with Crippen LogP contribution in [0.15, 0.2) is 24.4 Å². The third-order valence-electron chi connectivity index (χ3n) is 4.85. The number of fused-ring (bicyclic) bond motifs is 1. The molecular weight excluding hydrogens is 262 g/mol. The third kappa shape index (κ3) is 2.43. The van der Waals surface area contributed by atoms with Crippen molar-refractivity contribution in [2.24, 2.45) is 5.92 Å². The van der Waals surface area contributed by atoms with E-state index < -0.39 is 0 Å². The van der Waals surface area contributed by atoms with Gasteiger partial charge in [0.2, 0.25) is 0 Å². The summed E-state index contributed by atoms with van der Waals surface area (Å²) in [5.41, 5.74) is 2.67. The Morgan fingerprint density at radius 3 is 2.76 bits per heavy atom. The smallest absolute Gasteiger partial charge is 0.119 e. The van der Waals surface area contributed by atoms with Crippen LogP contribution in [0.5, 0.6) is 5.75 Å². The van der Waals surface area contributed by atoms with Gasteiger partial charge in [-0.15, -0.1) is 0 Å². The summed E-state index contributed by atoms with van der Waals surface area (Å²) in [4.78, 5) is 6.11. The van der Waals surface area contributed by atoms with E-state index in [1.165, 1.54) is 29.3 Å². The minimum Gasteiger partial charge on any atom is -0.497 e. The maximum atomic E-state index is 5.41. The molecule has 1 saturated heterocycles. The van der Waals surface area contributed by atoms with Crippen LogP contribution in [0.4, 0.5) is 0 Å². The molecule has 0 radical (unpaired) electrons. The molecule has 1 atom stereocenters. The summed E-state index contributed by atoms with van der Waals surface area (Å²) in [6.07, 6.45) is 4.95. The van der Waals surface area contributed by atoms with Crippen molar-refractivity contribution in [3.05, 3.63) is 30.0 Å². The number of methoxy groups -OCH3 is 1. The molecule has 1 aromatic heterocycles. The first-order valence-electron chi connectivity index (χ1n) is 7.96. The van der Waals surface area contributed by atoms with Gasteiger partial charge in [-0.2, -0.15) is 0 Å². The van der Waals surface area contributed by atoms with Crippen LogP contribution in [0.3, 0.4) is 0 Å². The third-order valence-corrected chi connectivity index (χ3v) is 4.85. The lowest BCUT2D eigenvalue weighted by Crippen LogP contribution is -2.45. The molecule has 1 aliphatic heterocycles. The monoisotopic (exact) mass is 285 g/mol. The van der Waals surface area contributed by atoms with Crippen molar-refractivity contribution in [1.82, 2.24) is 15.2 Å². The SMILES string of the molecule is COc1ccc2[nH]cc([C@@H](C3CC3)N3CCNCC3)c2c1. The van der Waals surface area contributed by atoms with E-state index in [4.69, 9.17) is 4.74 Å². The Kier molecular flexibility index (Phi) is 3.36. The Balaban J connectivity index is 1.74. The van der Waals surface area contributed by atoms with Gasteiger partial charge in [0.15, 0.2) is 0 Å². The van der Waals surface area contributed by atoms with E-state index >= 15 is 0 Å². The number of piperazine rings is 1. The fraction of sp³-hybridized carbons (Fsp3) is 0.529. The molecule has 1 saturated carbocycles. The molecule has 4 heteroatoms. The number of nitrogens with zero attached hydrogens (tertiary/aromatic N) is 1. The standard InChI is InChI=1S/C17H23N3O/c1-21-13-4-5-16-14(10-13)15(11-19-16)17(12-2-3-12)20-8-6-18-7-9-20/h4-5,10-12,17-19H,2-3,6-9H2,1H3/t17-/m1/s1. The van der Waals surface area contributed by atoms with Crippen molar-refractivity contribution in [1.29, 1.82) is 0 Å². The molecule has 2 aliphatic rings. The highest BCUT2D eigenvalue weighted by Crippen LogP contribution is 2.46. The number of benzene rings is 1. The molecule has 1 aliphatic carbocycles. The first kappa shape index (κ1) is 13.2. The first-order valence-corrected chi connectivity index (χ1v) is 7.96. The molecule has 0 spiro atoms. The zero-order chi connectivity index (χ0) is 14.2. The summed E-state index contributed by atoms with van der Waals surface area (Å²) >= 11 is 0. The minimum atomic E-state index is 0.563. The molecule has 112 valence electrons. The lowest BCUT2D eigenvalue weighted by molar-refractivity contribution is 0.157. The minimum absolute atomic E-state index is 0.563. The van der Waals surface area contributed by atoms with Crippen molar-refractivity contribution in [3.63, 3.8) is 0 Å². The molecule has 2 aromatic rings. The Bertz CT molecular complexity index is 626. The van der Waals surface area contributed by atoms with E-state index in [0.717, 1.165) is 37.8 Å².